The first kappa shape index (κ1) is 46.1. The van der Waals surface area contributed by atoms with E-state index in [1.807, 2.05) is 67.0 Å². The van der Waals surface area contributed by atoms with Gasteiger partial charge in [0.2, 0.25) is 0 Å². The molecule has 0 aliphatic carbocycles. The monoisotopic (exact) mass is 992 g/mol. The first-order valence-corrected chi connectivity index (χ1v) is 26.4. The van der Waals surface area contributed by atoms with E-state index in [9.17, 15) is 0 Å². The minimum absolute atomic E-state index is 0.742. The van der Waals surface area contributed by atoms with Crippen LogP contribution < -0.4 is 0 Å². The smallest absolute Gasteiger partial charge is 0.160 e. The van der Waals surface area contributed by atoms with Gasteiger partial charge in [-0.1, -0.05) is 231 Å². The molecule has 15 rings (SSSR count). The van der Waals surface area contributed by atoms with Crippen LogP contribution in [0.25, 0.3) is 143 Å². The second-order valence-corrected chi connectivity index (χ2v) is 19.8. The van der Waals surface area contributed by atoms with Crippen LogP contribution in [0.4, 0.5) is 0 Å². The van der Waals surface area contributed by atoms with Crippen molar-refractivity contribution in [3.8, 4) is 78.5 Å². The molecular formula is C74H48N4. The van der Waals surface area contributed by atoms with Crippen LogP contribution in [0.3, 0.4) is 0 Å². The molecule has 4 heteroatoms. The van der Waals surface area contributed by atoms with Crippen molar-refractivity contribution in [3.63, 3.8) is 0 Å². The Morgan fingerprint density at radius 1 is 0.205 bits per heavy atom. The van der Waals surface area contributed by atoms with Crippen LogP contribution in [0, 0.1) is 0 Å². The van der Waals surface area contributed by atoms with Crippen LogP contribution in [-0.4, -0.2) is 19.9 Å². The fraction of sp³-hybridized carbons (Fsp3) is 0. The molecule has 0 saturated heterocycles. The molecule has 15 aromatic rings. The fourth-order valence-corrected chi connectivity index (χ4v) is 11.0. The minimum atomic E-state index is 0.742. The maximum atomic E-state index is 4.93. The third kappa shape index (κ3) is 8.87. The van der Waals surface area contributed by atoms with Crippen LogP contribution >= 0.6 is 0 Å². The average molecular weight is 993 g/mol. The van der Waals surface area contributed by atoms with E-state index < -0.39 is 0 Å². The summed E-state index contributed by atoms with van der Waals surface area (Å²) in [6.07, 6.45) is 3.91. The molecule has 0 fully saturated rings. The molecule has 0 aliphatic rings. The zero-order valence-corrected chi connectivity index (χ0v) is 42.5. The molecule has 78 heavy (non-hydrogen) atoms. The van der Waals surface area contributed by atoms with Crippen LogP contribution in [0.1, 0.15) is 0 Å². The van der Waals surface area contributed by atoms with Crippen LogP contribution in [0.2, 0.25) is 0 Å². The van der Waals surface area contributed by atoms with Gasteiger partial charge in [0, 0.05) is 45.6 Å². The number of hydrogen-bond donors (Lipinski definition) is 0. The SMILES string of the molecule is c1ccc(-c2cc(-c3ccccc3)nc(-c3ccc4ccccc4c3)n2)cc1.c1ccc2cc(-c3c4ccccc4c(-c4ccc5ccccc5c4)c4cc(-c5ccc(-c6cnc7ccccc7c6)nc5)ccc34)ccc2c1. The maximum Gasteiger partial charge on any atom is 0.160 e. The second-order valence-electron chi connectivity index (χ2n) is 19.8. The molecule has 364 valence electrons. The van der Waals surface area contributed by atoms with Crippen molar-refractivity contribution in [2.45, 2.75) is 0 Å². The fourth-order valence-electron chi connectivity index (χ4n) is 11.0. The summed E-state index contributed by atoms with van der Waals surface area (Å²) in [6.45, 7) is 0. The quantitative estimate of drug-likeness (QED) is 0.149. The third-order valence-corrected chi connectivity index (χ3v) is 15.0. The van der Waals surface area contributed by atoms with E-state index in [-0.39, 0.29) is 0 Å². The summed E-state index contributed by atoms with van der Waals surface area (Å²) in [7, 11) is 0. The zero-order chi connectivity index (χ0) is 51.8. The van der Waals surface area contributed by atoms with Crippen LogP contribution in [0.5, 0.6) is 0 Å². The Balaban J connectivity index is 0.000000167. The number of rotatable bonds is 7. The highest BCUT2D eigenvalue weighted by atomic mass is 14.9. The van der Waals surface area contributed by atoms with Crippen LogP contribution in [0.15, 0.2) is 291 Å². The van der Waals surface area contributed by atoms with E-state index >= 15 is 0 Å². The first-order chi connectivity index (χ1) is 38.6. The van der Waals surface area contributed by atoms with Crippen molar-refractivity contribution < 1.29 is 0 Å². The van der Waals surface area contributed by atoms with Crippen molar-refractivity contribution in [1.29, 1.82) is 0 Å². The molecule has 12 aromatic carbocycles. The average Bonchev–Trinajstić information content (AvgIpc) is 3.69. The topological polar surface area (TPSA) is 51.6 Å². The molecule has 0 spiro atoms. The summed E-state index contributed by atoms with van der Waals surface area (Å²) in [6, 6.07) is 98.7. The summed E-state index contributed by atoms with van der Waals surface area (Å²) < 4.78 is 0. The van der Waals surface area contributed by atoms with E-state index in [0.29, 0.717) is 0 Å². The van der Waals surface area contributed by atoms with Gasteiger partial charge in [0.25, 0.3) is 0 Å². The Hall–Kier alpha value is -10.4. The van der Waals surface area contributed by atoms with E-state index in [1.165, 1.54) is 76.1 Å². The highest BCUT2D eigenvalue weighted by Gasteiger charge is 2.19. The number of para-hydroxylation sites is 1. The number of nitrogens with zero attached hydrogens (tertiary/aromatic N) is 4. The Bertz CT molecular complexity index is 4670. The highest BCUT2D eigenvalue weighted by Crippen LogP contribution is 2.46. The lowest BCUT2D eigenvalue weighted by molar-refractivity contribution is 1.18. The van der Waals surface area contributed by atoms with Crippen molar-refractivity contribution in [2.24, 2.45) is 0 Å². The lowest BCUT2D eigenvalue weighted by atomic mass is 9.84. The maximum absolute atomic E-state index is 4.93. The van der Waals surface area contributed by atoms with Gasteiger partial charge in [0.1, 0.15) is 0 Å². The van der Waals surface area contributed by atoms with Gasteiger partial charge in [-0.2, -0.15) is 0 Å². The standard InChI is InChI=1S/C48H30N2.C26H18N2/c1-3-11-33-25-37(19-17-31(33)9-1)47-41-14-6-7-15-42(41)48(38-20-18-32-10-2-4-12-34(32)26-38)44-28-35(21-23-43(44)47)39-22-24-46(49-29-39)40-27-36-13-5-8-16-45(36)50-30-40;1-3-10-20(11-4-1)24-18-25(21-12-5-2-6-13-21)28-26(27-24)23-16-15-19-9-7-8-14-22(19)17-23/h1-30H;1-18H. The Labute approximate surface area is 452 Å². The third-order valence-electron chi connectivity index (χ3n) is 15.0. The predicted molar refractivity (Wildman–Crippen MR) is 327 cm³/mol. The molecule has 0 N–H and O–H groups in total. The Morgan fingerprint density at radius 3 is 1.19 bits per heavy atom. The number of hydrogen-bond acceptors (Lipinski definition) is 4. The number of fused-ring (bicyclic) bond motifs is 6. The van der Waals surface area contributed by atoms with Crippen LogP contribution in [-0.2, 0) is 0 Å². The lowest BCUT2D eigenvalue weighted by Crippen LogP contribution is -1.95. The van der Waals surface area contributed by atoms with E-state index in [4.69, 9.17) is 15.0 Å². The normalized spacial score (nSPS) is 11.3. The number of aromatic nitrogens is 4. The molecule has 4 nitrogen and oxygen atoms in total. The Morgan fingerprint density at radius 2 is 0.628 bits per heavy atom. The van der Waals surface area contributed by atoms with Crippen molar-refractivity contribution in [3.05, 3.63) is 291 Å². The van der Waals surface area contributed by atoms with Gasteiger partial charge in [0.15, 0.2) is 5.82 Å². The minimum Gasteiger partial charge on any atom is -0.256 e. The van der Waals surface area contributed by atoms with Crippen molar-refractivity contribution >= 4 is 64.8 Å². The van der Waals surface area contributed by atoms with Gasteiger partial charge in [-0.15, -0.1) is 0 Å². The van der Waals surface area contributed by atoms with Gasteiger partial charge >= 0.3 is 0 Å². The largest absolute Gasteiger partial charge is 0.256 e. The summed E-state index contributed by atoms with van der Waals surface area (Å²) >= 11 is 0. The molecule has 0 atom stereocenters. The Kier molecular flexibility index (Phi) is 11.8. The zero-order valence-electron chi connectivity index (χ0n) is 42.5. The van der Waals surface area contributed by atoms with Gasteiger partial charge in [-0.25, -0.2) is 9.97 Å². The van der Waals surface area contributed by atoms with Gasteiger partial charge in [0.05, 0.1) is 22.6 Å². The van der Waals surface area contributed by atoms with Gasteiger partial charge < -0.3 is 0 Å². The summed E-state index contributed by atoms with van der Waals surface area (Å²) in [5.74, 6) is 0.742. The van der Waals surface area contributed by atoms with E-state index in [0.717, 1.165) is 67.2 Å². The summed E-state index contributed by atoms with van der Waals surface area (Å²) in [5, 5.41) is 13.4. The van der Waals surface area contributed by atoms with Gasteiger partial charge in [-0.3, -0.25) is 9.97 Å². The second kappa shape index (κ2) is 20.0. The lowest BCUT2D eigenvalue weighted by Gasteiger charge is -2.19. The van der Waals surface area contributed by atoms with Gasteiger partial charge in [-0.05, 0) is 130 Å². The summed E-state index contributed by atoms with van der Waals surface area (Å²) in [5.41, 5.74) is 15.1. The first-order valence-electron chi connectivity index (χ1n) is 26.4. The molecule has 0 radical (unpaired) electrons. The highest BCUT2D eigenvalue weighted by molar-refractivity contribution is 6.22. The molecule has 0 bridgehead atoms. The molecule has 3 heterocycles. The molecule has 0 unspecified atom stereocenters. The number of pyridine rings is 2. The van der Waals surface area contributed by atoms with Crippen molar-refractivity contribution in [2.75, 3.05) is 0 Å². The van der Waals surface area contributed by atoms with E-state index in [1.54, 1.807) is 0 Å². The molecule has 3 aromatic heterocycles. The predicted octanol–water partition coefficient (Wildman–Crippen LogP) is 19.5. The molecular weight excluding hydrogens is 945 g/mol. The molecule has 0 aliphatic heterocycles. The van der Waals surface area contributed by atoms with Crippen molar-refractivity contribution in [1.82, 2.24) is 19.9 Å². The number of benzene rings is 12. The molecule has 0 saturated carbocycles. The van der Waals surface area contributed by atoms with E-state index in [2.05, 4.69) is 229 Å². The molecule has 0 amide bonds. The summed E-state index contributed by atoms with van der Waals surface area (Å²) in [4.78, 5) is 19.4.